The molecule has 6 heteroatoms. The topological polar surface area (TPSA) is 53.2 Å². The highest BCUT2D eigenvalue weighted by molar-refractivity contribution is 5.32. The SMILES string of the molecule is COc1ccc(C(O)(CC#N)C(F)(F)F)cc1. The Labute approximate surface area is 96.1 Å². The molecule has 0 aromatic heterocycles. The molecule has 0 aliphatic rings. The van der Waals surface area contributed by atoms with Crippen molar-refractivity contribution in [3.63, 3.8) is 0 Å². The summed E-state index contributed by atoms with van der Waals surface area (Å²) < 4.78 is 43.0. The van der Waals surface area contributed by atoms with Gasteiger partial charge in [-0.3, -0.25) is 0 Å². The van der Waals surface area contributed by atoms with Gasteiger partial charge in [0.05, 0.1) is 19.6 Å². The maximum atomic E-state index is 12.7. The zero-order chi connectivity index (χ0) is 13.1. The summed E-state index contributed by atoms with van der Waals surface area (Å²) >= 11 is 0. The first-order valence-electron chi connectivity index (χ1n) is 4.66. The molecule has 0 aliphatic carbocycles. The number of aliphatic hydroxyl groups is 1. The molecule has 0 radical (unpaired) electrons. The van der Waals surface area contributed by atoms with Gasteiger partial charge in [0.15, 0.2) is 5.60 Å². The number of rotatable bonds is 3. The van der Waals surface area contributed by atoms with Gasteiger partial charge in [-0.2, -0.15) is 18.4 Å². The van der Waals surface area contributed by atoms with Gasteiger partial charge < -0.3 is 9.84 Å². The molecule has 1 atom stereocenters. The van der Waals surface area contributed by atoms with E-state index in [1.807, 2.05) is 0 Å². The van der Waals surface area contributed by atoms with E-state index in [-0.39, 0.29) is 5.56 Å². The third-order valence-corrected chi connectivity index (χ3v) is 2.37. The van der Waals surface area contributed by atoms with Crippen molar-refractivity contribution in [2.75, 3.05) is 7.11 Å². The number of alkyl halides is 3. The standard InChI is InChI=1S/C11H10F3NO2/c1-17-9-4-2-8(3-5-9)10(16,6-7-15)11(12,13)14/h2-5,16H,6H2,1H3. The van der Waals surface area contributed by atoms with Crippen molar-refractivity contribution in [2.24, 2.45) is 0 Å². The van der Waals surface area contributed by atoms with Crippen LogP contribution in [-0.4, -0.2) is 18.4 Å². The van der Waals surface area contributed by atoms with Crippen LogP contribution in [-0.2, 0) is 5.60 Å². The zero-order valence-electron chi connectivity index (χ0n) is 8.95. The molecule has 0 saturated heterocycles. The van der Waals surface area contributed by atoms with Crippen molar-refractivity contribution in [2.45, 2.75) is 18.2 Å². The van der Waals surface area contributed by atoms with Crippen LogP contribution in [0.25, 0.3) is 0 Å². The van der Waals surface area contributed by atoms with Crippen molar-refractivity contribution in [1.82, 2.24) is 0 Å². The highest BCUT2D eigenvalue weighted by Gasteiger charge is 2.54. The lowest BCUT2D eigenvalue weighted by Crippen LogP contribution is -2.41. The maximum absolute atomic E-state index is 12.7. The number of nitrogens with zero attached hydrogens (tertiary/aromatic N) is 1. The lowest BCUT2D eigenvalue weighted by molar-refractivity contribution is -0.264. The second-order valence-corrected chi connectivity index (χ2v) is 3.42. The van der Waals surface area contributed by atoms with E-state index in [0.717, 1.165) is 12.1 Å². The Morgan fingerprint density at radius 3 is 2.18 bits per heavy atom. The Morgan fingerprint density at radius 2 is 1.82 bits per heavy atom. The zero-order valence-corrected chi connectivity index (χ0v) is 8.95. The monoisotopic (exact) mass is 245 g/mol. The molecule has 0 spiro atoms. The van der Waals surface area contributed by atoms with Crippen LogP contribution in [0.5, 0.6) is 5.75 Å². The molecule has 3 nitrogen and oxygen atoms in total. The quantitative estimate of drug-likeness (QED) is 0.889. The molecular formula is C11H10F3NO2. The Morgan fingerprint density at radius 1 is 1.29 bits per heavy atom. The van der Waals surface area contributed by atoms with Crippen LogP contribution in [0, 0.1) is 11.3 Å². The van der Waals surface area contributed by atoms with Gasteiger partial charge in [-0.1, -0.05) is 12.1 Å². The van der Waals surface area contributed by atoms with Gasteiger partial charge >= 0.3 is 6.18 Å². The predicted molar refractivity (Wildman–Crippen MR) is 53.2 cm³/mol. The average Bonchev–Trinajstić information content (AvgIpc) is 2.28. The third kappa shape index (κ3) is 2.50. The van der Waals surface area contributed by atoms with E-state index in [1.165, 1.54) is 25.3 Å². The minimum Gasteiger partial charge on any atom is -0.497 e. The number of ether oxygens (including phenoxy) is 1. The van der Waals surface area contributed by atoms with Crippen LogP contribution in [0.1, 0.15) is 12.0 Å². The summed E-state index contributed by atoms with van der Waals surface area (Å²) in [5.74, 6) is 0.371. The minimum atomic E-state index is -4.91. The van der Waals surface area contributed by atoms with Gasteiger partial charge in [0.2, 0.25) is 0 Å². The number of hydrogen-bond acceptors (Lipinski definition) is 3. The fourth-order valence-electron chi connectivity index (χ4n) is 1.35. The third-order valence-electron chi connectivity index (χ3n) is 2.37. The molecule has 1 aromatic carbocycles. The first-order chi connectivity index (χ1) is 7.85. The molecule has 0 fully saturated rings. The summed E-state index contributed by atoms with van der Waals surface area (Å²) in [5.41, 5.74) is -3.53. The molecule has 0 heterocycles. The number of benzene rings is 1. The van der Waals surface area contributed by atoms with E-state index in [0.29, 0.717) is 5.75 Å². The normalized spacial score (nSPS) is 14.8. The van der Waals surface area contributed by atoms with Crippen LogP contribution < -0.4 is 4.74 Å². The highest BCUT2D eigenvalue weighted by Crippen LogP contribution is 2.41. The Balaban J connectivity index is 3.19. The van der Waals surface area contributed by atoms with Crippen LogP contribution in [0.3, 0.4) is 0 Å². The maximum Gasteiger partial charge on any atom is 0.422 e. The molecule has 1 aromatic rings. The van der Waals surface area contributed by atoms with Crippen molar-refractivity contribution < 1.29 is 23.0 Å². The average molecular weight is 245 g/mol. The number of methoxy groups -OCH3 is 1. The smallest absolute Gasteiger partial charge is 0.422 e. The second kappa shape index (κ2) is 4.63. The molecule has 1 rings (SSSR count). The molecule has 17 heavy (non-hydrogen) atoms. The number of nitriles is 1. The van der Waals surface area contributed by atoms with Crippen molar-refractivity contribution in [1.29, 1.82) is 5.26 Å². The first kappa shape index (κ1) is 13.3. The molecule has 1 N–H and O–H groups in total. The van der Waals surface area contributed by atoms with Crippen LogP contribution in [0.15, 0.2) is 24.3 Å². The lowest BCUT2D eigenvalue weighted by Gasteiger charge is -2.28. The molecular weight excluding hydrogens is 235 g/mol. The van der Waals surface area contributed by atoms with Crippen LogP contribution >= 0.6 is 0 Å². The minimum absolute atomic E-state index is 0.371. The summed E-state index contributed by atoms with van der Waals surface area (Å²) in [6.45, 7) is 0. The van der Waals surface area contributed by atoms with E-state index < -0.39 is 18.2 Å². The highest BCUT2D eigenvalue weighted by atomic mass is 19.4. The number of halogens is 3. The summed E-state index contributed by atoms with van der Waals surface area (Å²) in [7, 11) is 1.38. The molecule has 1 unspecified atom stereocenters. The Bertz CT molecular complexity index is 422. The Hall–Kier alpha value is -1.74. The van der Waals surface area contributed by atoms with Crippen LogP contribution in [0.2, 0.25) is 0 Å². The van der Waals surface area contributed by atoms with Crippen LogP contribution in [0.4, 0.5) is 13.2 Å². The largest absolute Gasteiger partial charge is 0.497 e. The fourth-order valence-corrected chi connectivity index (χ4v) is 1.35. The molecule has 92 valence electrons. The van der Waals surface area contributed by atoms with E-state index in [1.54, 1.807) is 0 Å². The molecule has 0 aliphatic heterocycles. The van der Waals surface area contributed by atoms with E-state index >= 15 is 0 Å². The van der Waals surface area contributed by atoms with Gasteiger partial charge in [0.1, 0.15) is 5.75 Å². The fraction of sp³-hybridized carbons (Fsp3) is 0.364. The Kier molecular flexibility index (Phi) is 3.63. The molecule has 0 amide bonds. The van der Waals surface area contributed by atoms with Gasteiger partial charge in [0.25, 0.3) is 0 Å². The van der Waals surface area contributed by atoms with E-state index in [9.17, 15) is 18.3 Å². The van der Waals surface area contributed by atoms with Crippen molar-refractivity contribution >= 4 is 0 Å². The van der Waals surface area contributed by atoms with Gasteiger partial charge in [-0.15, -0.1) is 0 Å². The van der Waals surface area contributed by atoms with Gasteiger partial charge in [0, 0.05) is 0 Å². The van der Waals surface area contributed by atoms with E-state index in [2.05, 4.69) is 0 Å². The predicted octanol–water partition coefficient (Wildman–Crippen LogP) is 2.36. The van der Waals surface area contributed by atoms with E-state index in [4.69, 9.17) is 10.00 Å². The van der Waals surface area contributed by atoms with Crippen molar-refractivity contribution in [3.8, 4) is 11.8 Å². The summed E-state index contributed by atoms with van der Waals surface area (Å²) in [6, 6.07) is 6.10. The summed E-state index contributed by atoms with van der Waals surface area (Å²) in [5, 5.41) is 18.0. The summed E-state index contributed by atoms with van der Waals surface area (Å²) in [6.07, 6.45) is -5.96. The lowest BCUT2D eigenvalue weighted by atomic mass is 9.90. The molecule has 0 saturated carbocycles. The second-order valence-electron chi connectivity index (χ2n) is 3.42. The first-order valence-corrected chi connectivity index (χ1v) is 4.66. The van der Waals surface area contributed by atoms with Crippen molar-refractivity contribution in [3.05, 3.63) is 29.8 Å². The van der Waals surface area contributed by atoms with Gasteiger partial charge in [-0.25, -0.2) is 0 Å². The molecule has 0 bridgehead atoms. The van der Waals surface area contributed by atoms with Gasteiger partial charge in [-0.05, 0) is 17.7 Å². The summed E-state index contributed by atoms with van der Waals surface area (Å²) in [4.78, 5) is 0. The number of hydrogen-bond donors (Lipinski definition) is 1.